The maximum atomic E-state index is 3.74. The monoisotopic (exact) mass is 245 g/mol. The van der Waals surface area contributed by atoms with E-state index < -0.39 is 0 Å². The topological polar surface area (TPSA) is 12.0 Å². The van der Waals surface area contributed by atoms with E-state index in [1.54, 1.807) is 0 Å². The first-order chi connectivity index (χ1) is 8.37. The second kappa shape index (κ2) is 4.70. The minimum atomic E-state index is 0.447. The van der Waals surface area contributed by atoms with Gasteiger partial charge in [-0.05, 0) is 35.3 Å². The zero-order valence-electron chi connectivity index (χ0n) is 12.5. The number of nitrogens with one attached hydrogen (secondary N) is 1. The normalized spacial score (nSPS) is 22.7. The number of hydrogen-bond acceptors (Lipinski definition) is 1. The molecule has 1 N–H and O–H groups in total. The molecule has 18 heavy (non-hydrogen) atoms. The van der Waals surface area contributed by atoms with Gasteiger partial charge in [0, 0.05) is 6.04 Å². The molecule has 0 aromatic heterocycles. The lowest BCUT2D eigenvalue weighted by atomic mass is 9.98. The quantitative estimate of drug-likeness (QED) is 0.819. The smallest absolute Gasteiger partial charge is 0.0181 e. The summed E-state index contributed by atoms with van der Waals surface area (Å²) in [5.74, 6) is 0.642. The van der Waals surface area contributed by atoms with E-state index in [0.717, 1.165) is 6.54 Å². The first-order valence-electron chi connectivity index (χ1n) is 7.15. The molecule has 1 aromatic rings. The van der Waals surface area contributed by atoms with Crippen molar-refractivity contribution in [3.63, 3.8) is 0 Å². The van der Waals surface area contributed by atoms with Gasteiger partial charge in [0.2, 0.25) is 0 Å². The van der Waals surface area contributed by atoms with Gasteiger partial charge >= 0.3 is 0 Å². The summed E-state index contributed by atoms with van der Waals surface area (Å²) in [6.07, 6.45) is 1.21. The van der Waals surface area contributed by atoms with E-state index in [4.69, 9.17) is 0 Å². The molecule has 0 saturated heterocycles. The third kappa shape index (κ3) is 2.33. The van der Waals surface area contributed by atoms with Crippen LogP contribution in [0.15, 0.2) is 30.3 Å². The molecule has 2 rings (SSSR count). The molecule has 0 bridgehead atoms. The minimum Gasteiger partial charge on any atom is -0.313 e. The predicted molar refractivity (Wildman–Crippen MR) is 78.8 cm³/mol. The molecule has 1 saturated carbocycles. The van der Waals surface area contributed by atoms with Crippen molar-refractivity contribution >= 4 is 0 Å². The fraction of sp³-hybridized carbons (Fsp3) is 0.647. The summed E-state index contributed by atoms with van der Waals surface area (Å²) in [7, 11) is 0. The lowest BCUT2D eigenvalue weighted by Gasteiger charge is -2.13. The van der Waals surface area contributed by atoms with Crippen LogP contribution in [0.5, 0.6) is 0 Å². The molecule has 1 aliphatic carbocycles. The summed E-state index contributed by atoms with van der Waals surface area (Å²) in [5.41, 5.74) is 2.35. The van der Waals surface area contributed by atoms with Crippen molar-refractivity contribution in [3.8, 4) is 0 Å². The van der Waals surface area contributed by atoms with Crippen LogP contribution in [0, 0.1) is 10.8 Å². The van der Waals surface area contributed by atoms with E-state index in [0.29, 0.717) is 22.8 Å². The molecule has 1 atom stereocenters. The van der Waals surface area contributed by atoms with Crippen LogP contribution in [0.3, 0.4) is 0 Å². The molecule has 100 valence electrons. The molecule has 0 heterocycles. The van der Waals surface area contributed by atoms with Crippen LogP contribution in [-0.4, -0.2) is 12.6 Å². The highest BCUT2D eigenvalue weighted by atomic mass is 15.0. The molecule has 0 aliphatic heterocycles. The molecule has 0 radical (unpaired) electrons. The summed E-state index contributed by atoms with van der Waals surface area (Å²) in [6, 6.07) is 11.5. The summed E-state index contributed by atoms with van der Waals surface area (Å²) < 4.78 is 0. The molecular weight excluding hydrogens is 218 g/mol. The summed E-state index contributed by atoms with van der Waals surface area (Å²) in [6.45, 7) is 12.9. The molecular formula is C17H27N. The van der Waals surface area contributed by atoms with Gasteiger partial charge in [-0.3, -0.25) is 0 Å². The van der Waals surface area contributed by atoms with Crippen molar-refractivity contribution in [2.75, 3.05) is 6.54 Å². The van der Waals surface area contributed by atoms with Crippen molar-refractivity contribution in [3.05, 3.63) is 35.9 Å². The van der Waals surface area contributed by atoms with E-state index in [1.807, 2.05) is 0 Å². The van der Waals surface area contributed by atoms with E-state index in [2.05, 4.69) is 70.3 Å². The van der Waals surface area contributed by atoms with Crippen molar-refractivity contribution in [2.24, 2.45) is 10.8 Å². The van der Waals surface area contributed by atoms with E-state index in [-0.39, 0.29) is 0 Å². The van der Waals surface area contributed by atoms with E-state index in [9.17, 15) is 0 Å². The van der Waals surface area contributed by atoms with Gasteiger partial charge in [0.15, 0.2) is 0 Å². The number of benzene rings is 1. The Hall–Kier alpha value is -0.820. The molecule has 1 aliphatic rings. The minimum absolute atomic E-state index is 0.447. The third-order valence-electron chi connectivity index (χ3n) is 5.32. The lowest BCUT2D eigenvalue weighted by Crippen LogP contribution is -2.24. The molecule has 1 unspecified atom stereocenters. The third-order valence-corrected chi connectivity index (χ3v) is 5.32. The van der Waals surface area contributed by atoms with Crippen LogP contribution < -0.4 is 5.32 Å². The summed E-state index contributed by atoms with van der Waals surface area (Å²) >= 11 is 0. The fourth-order valence-corrected chi connectivity index (χ4v) is 3.10. The Kier molecular flexibility index (Phi) is 3.55. The Balaban J connectivity index is 1.77. The van der Waals surface area contributed by atoms with Crippen LogP contribution in [0.2, 0.25) is 0 Å². The number of rotatable bonds is 5. The standard InChI is InChI=1S/C17H27N/c1-13(14-9-7-6-8-10-14)11-12-18-15-16(2,3)17(15,4)5/h6-10,13,15,18H,11-12H2,1-5H3. The zero-order valence-corrected chi connectivity index (χ0v) is 12.5. The highest BCUT2D eigenvalue weighted by molar-refractivity contribution is 5.19. The molecule has 0 amide bonds. The maximum Gasteiger partial charge on any atom is 0.0181 e. The average Bonchev–Trinajstić information content (AvgIpc) is 2.72. The molecule has 1 fully saturated rings. The zero-order chi connectivity index (χ0) is 13.4. The molecule has 1 heteroatoms. The SMILES string of the molecule is CC(CCNC1C(C)(C)C1(C)C)c1ccccc1. The largest absolute Gasteiger partial charge is 0.313 e. The van der Waals surface area contributed by atoms with Gasteiger partial charge in [0.05, 0.1) is 0 Å². The highest BCUT2D eigenvalue weighted by Gasteiger charge is 2.64. The Bertz CT molecular complexity index is 377. The first-order valence-corrected chi connectivity index (χ1v) is 7.15. The average molecular weight is 245 g/mol. The molecule has 1 nitrogen and oxygen atoms in total. The second-order valence-corrected chi connectivity index (χ2v) is 6.93. The Labute approximate surface area is 112 Å². The maximum absolute atomic E-state index is 3.74. The Morgan fingerprint density at radius 1 is 1.06 bits per heavy atom. The predicted octanol–water partition coefficient (Wildman–Crippen LogP) is 4.20. The van der Waals surface area contributed by atoms with Gasteiger partial charge in [-0.15, -0.1) is 0 Å². The summed E-state index contributed by atoms with van der Waals surface area (Å²) in [4.78, 5) is 0. The van der Waals surface area contributed by atoms with Crippen LogP contribution in [0.25, 0.3) is 0 Å². The summed E-state index contributed by atoms with van der Waals surface area (Å²) in [5, 5.41) is 3.74. The van der Waals surface area contributed by atoms with Crippen LogP contribution in [0.1, 0.15) is 52.5 Å². The van der Waals surface area contributed by atoms with E-state index >= 15 is 0 Å². The number of hydrogen-bond donors (Lipinski definition) is 1. The van der Waals surface area contributed by atoms with Gasteiger partial charge < -0.3 is 5.32 Å². The Morgan fingerprint density at radius 2 is 1.61 bits per heavy atom. The van der Waals surface area contributed by atoms with Gasteiger partial charge in [0.25, 0.3) is 0 Å². The van der Waals surface area contributed by atoms with Crippen molar-refractivity contribution in [1.82, 2.24) is 5.32 Å². The fourth-order valence-electron chi connectivity index (χ4n) is 3.10. The van der Waals surface area contributed by atoms with Crippen molar-refractivity contribution < 1.29 is 0 Å². The van der Waals surface area contributed by atoms with Crippen LogP contribution >= 0.6 is 0 Å². The Morgan fingerprint density at radius 3 is 2.11 bits per heavy atom. The lowest BCUT2D eigenvalue weighted by molar-refractivity contribution is 0.457. The second-order valence-electron chi connectivity index (χ2n) is 6.93. The van der Waals surface area contributed by atoms with Gasteiger partial charge in [-0.25, -0.2) is 0 Å². The first kappa shape index (κ1) is 13.6. The van der Waals surface area contributed by atoms with Gasteiger partial charge in [-0.2, -0.15) is 0 Å². The van der Waals surface area contributed by atoms with Crippen molar-refractivity contribution in [1.29, 1.82) is 0 Å². The highest BCUT2D eigenvalue weighted by Crippen LogP contribution is 2.62. The van der Waals surface area contributed by atoms with Gasteiger partial charge in [-0.1, -0.05) is 65.0 Å². The van der Waals surface area contributed by atoms with Crippen LogP contribution in [0.4, 0.5) is 0 Å². The van der Waals surface area contributed by atoms with E-state index in [1.165, 1.54) is 12.0 Å². The molecule has 1 aromatic carbocycles. The van der Waals surface area contributed by atoms with Crippen LogP contribution in [-0.2, 0) is 0 Å². The van der Waals surface area contributed by atoms with Crippen molar-refractivity contribution in [2.45, 2.75) is 53.0 Å². The van der Waals surface area contributed by atoms with Gasteiger partial charge in [0.1, 0.15) is 0 Å². The molecule has 0 spiro atoms.